The number of ether oxygens (including phenoxy) is 2. The van der Waals surface area contributed by atoms with E-state index in [4.69, 9.17) is 26.1 Å². The minimum atomic E-state index is 0.564. The zero-order valence-electron chi connectivity index (χ0n) is 12.3. The lowest BCUT2D eigenvalue weighted by Gasteiger charge is -2.09. The van der Waals surface area contributed by atoms with E-state index >= 15 is 0 Å². The lowest BCUT2D eigenvalue weighted by molar-refractivity contribution is 0.117. The number of fused-ring (bicyclic) bond motifs is 1. The van der Waals surface area contributed by atoms with E-state index in [0.717, 1.165) is 48.1 Å². The van der Waals surface area contributed by atoms with Crippen LogP contribution in [-0.4, -0.2) is 35.8 Å². The van der Waals surface area contributed by atoms with Gasteiger partial charge in [-0.05, 0) is 30.9 Å². The van der Waals surface area contributed by atoms with Crippen molar-refractivity contribution in [3.05, 3.63) is 24.0 Å². The molecule has 0 radical (unpaired) electrons. The summed E-state index contributed by atoms with van der Waals surface area (Å²) in [5.41, 5.74) is 1.99. The van der Waals surface area contributed by atoms with Crippen molar-refractivity contribution >= 4 is 22.6 Å². The number of alkyl halides is 1. The first-order chi connectivity index (χ1) is 10.3. The van der Waals surface area contributed by atoms with E-state index in [-0.39, 0.29) is 0 Å². The number of hydrogen-bond donors (Lipinski definition) is 0. The molecule has 0 saturated heterocycles. The van der Waals surface area contributed by atoms with Crippen LogP contribution in [-0.2, 0) is 17.7 Å². The predicted octanol–water partition coefficient (Wildman–Crippen LogP) is 3.25. The fourth-order valence-corrected chi connectivity index (χ4v) is 2.72. The van der Waals surface area contributed by atoms with Gasteiger partial charge < -0.3 is 14.0 Å². The number of aromatic nitrogens is 2. The fraction of sp³-hybridized carbons (Fsp3) is 0.562. The van der Waals surface area contributed by atoms with E-state index in [1.807, 2.05) is 12.1 Å². The Kier molecular flexibility index (Phi) is 4.66. The van der Waals surface area contributed by atoms with Gasteiger partial charge in [-0.15, -0.1) is 11.6 Å². The third-order valence-corrected chi connectivity index (χ3v) is 4.06. The molecule has 1 saturated carbocycles. The van der Waals surface area contributed by atoms with Crippen molar-refractivity contribution in [2.45, 2.75) is 25.8 Å². The molecule has 0 aliphatic heterocycles. The van der Waals surface area contributed by atoms with Crippen molar-refractivity contribution < 1.29 is 9.47 Å². The second-order valence-electron chi connectivity index (χ2n) is 5.46. The van der Waals surface area contributed by atoms with Gasteiger partial charge in [-0.25, -0.2) is 4.98 Å². The molecular formula is C16H21ClN2O2. The molecule has 1 fully saturated rings. The first-order valence-electron chi connectivity index (χ1n) is 7.49. The molecule has 0 unspecified atom stereocenters. The molecule has 3 rings (SSSR count). The van der Waals surface area contributed by atoms with E-state index in [1.54, 1.807) is 7.11 Å². The van der Waals surface area contributed by atoms with Gasteiger partial charge in [0.25, 0.3) is 0 Å². The Morgan fingerprint density at radius 3 is 2.95 bits per heavy atom. The Morgan fingerprint density at radius 2 is 2.24 bits per heavy atom. The van der Waals surface area contributed by atoms with Gasteiger partial charge in [0.1, 0.15) is 17.1 Å². The minimum Gasteiger partial charge on any atom is -0.494 e. The van der Waals surface area contributed by atoms with Crippen molar-refractivity contribution in [2.75, 3.05) is 26.2 Å². The van der Waals surface area contributed by atoms with Crippen molar-refractivity contribution in [1.29, 1.82) is 0 Å². The molecule has 2 aromatic rings. The molecule has 0 bridgehead atoms. The maximum absolute atomic E-state index is 5.90. The van der Waals surface area contributed by atoms with Crippen LogP contribution in [0, 0.1) is 5.92 Å². The monoisotopic (exact) mass is 308 g/mol. The van der Waals surface area contributed by atoms with Gasteiger partial charge in [0.2, 0.25) is 0 Å². The van der Waals surface area contributed by atoms with Gasteiger partial charge in [-0.1, -0.05) is 6.07 Å². The van der Waals surface area contributed by atoms with Gasteiger partial charge in [-0.3, -0.25) is 0 Å². The number of imidazole rings is 1. The Morgan fingerprint density at radius 1 is 1.38 bits per heavy atom. The molecule has 4 nitrogen and oxygen atoms in total. The number of rotatable bonds is 8. The largest absolute Gasteiger partial charge is 0.494 e. The first kappa shape index (κ1) is 14.7. The Labute approximate surface area is 130 Å². The summed E-state index contributed by atoms with van der Waals surface area (Å²) in [6.45, 7) is 2.41. The highest BCUT2D eigenvalue weighted by Crippen LogP contribution is 2.29. The molecule has 1 aliphatic carbocycles. The lowest BCUT2D eigenvalue weighted by atomic mass is 10.3. The summed E-state index contributed by atoms with van der Waals surface area (Å²) in [5, 5.41) is 0. The van der Waals surface area contributed by atoms with Crippen LogP contribution < -0.4 is 4.74 Å². The average Bonchev–Trinajstić information content (AvgIpc) is 3.26. The molecular weight excluding hydrogens is 288 g/mol. The highest BCUT2D eigenvalue weighted by Gasteiger charge is 2.21. The second kappa shape index (κ2) is 6.67. The molecule has 1 aromatic carbocycles. The number of benzene rings is 1. The van der Waals surface area contributed by atoms with Gasteiger partial charge >= 0.3 is 0 Å². The van der Waals surface area contributed by atoms with Gasteiger partial charge in [0.05, 0.1) is 19.2 Å². The van der Waals surface area contributed by atoms with E-state index in [1.165, 1.54) is 12.8 Å². The van der Waals surface area contributed by atoms with E-state index in [2.05, 4.69) is 10.6 Å². The van der Waals surface area contributed by atoms with E-state index < -0.39 is 0 Å². The molecule has 114 valence electrons. The number of aryl methyl sites for hydroxylation is 1. The summed E-state index contributed by atoms with van der Waals surface area (Å²) in [6, 6.07) is 6.01. The Balaban J connectivity index is 1.80. The molecule has 1 aliphatic rings. The predicted molar refractivity (Wildman–Crippen MR) is 84.3 cm³/mol. The zero-order chi connectivity index (χ0) is 14.7. The lowest BCUT2D eigenvalue weighted by Crippen LogP contribution is -2.11. The molecule has 0 atom stereocenters. The van der Waals surface area contributed by atoms with Gasteiger partial charge in [0, 0.05) is 25.5 Å². The highest BCUT2D eigenvalue weighted by atomic mass is 35.5. The number of methoxy groups -OCH3 is 1. The SMILES string of the molecule is COc1cccc2c1nc(CCCl)n2CCOCC1CC1. The highest BCUT2D eigenvalue weighted by molar-refractivity contribution is 6.17. The van der Waals surface area contributed by atoms with Crippen LogP contribution >= 0.6 is 11.6 Å². The summed E-state index contributed by atoms with van der Waals surface area (Å²) in [4.78, 5) is 4.70. The molecule has 1 aromatic heterocycles. The van der Waals surface area contributed by atoms with Crippen LogP contribution in [0.3, 0.4) is 0 Å². The van der Waals surface area contributed by atoms with Crippen molar-refractivity contribution in [3.63, 3.8) is 0 Å². The number of para-hydroxylation sites is 1. The number of nitrogens with zero attached hydrogens (tertiary/aromatic N) is 2. The van der Waals surface area contributed by atoms with Crippen LogP contribution in [0.4, 0.5) is 0 Å². The Hall–Kier alpha value is -1.26. The maximum atomic E-state index is 5.90. The van der Waals surface area contributed by atoms with Crippen LogP contribution in [0.5, 0.6) is 5.75 Å². The average molecular weight is 309 g/mol. The summed E-state index contributed by atoms with van der Waals surface area (Å²) in [6.07, 6.45) is 3.40. The van der Waals surface area contributed by atoms with Crippen LogP contribution in [0.25, 0.3) is 11.0 Å². The van der Waals surface area contributed by atoms with E-state index in [9.17, 15) is 0 Å². The molecule has 0 amide bonds. The summed E-state index contributed by atoms with van der Waals surface area (Å²) in [7, 11) is 1.67. The Bertz CT molecular complexity index is 608. The van der Waals surface area contributed by atoms with Crippen LogP contribution in [0.15, 0.2) is 18.2 Å². The first-order valence-corrected chi connectivity index (χ1v) is 8.02. The molecule has 21 heavy (non-hydrogen) atoms. The maximum Gasteiger partial charge on any atom is 0.146 e. The summed E-state index contributed by atoms with van der Waals surface area (Å²) in [5.74, 6) is 3.17. The minimum absolute atomic E-state index is 0.564. The smallest absolute Gasteiger partial charge is 0.146 e. The number of halogens is 1. The van der Waals surface area contributed by atoms with Crippen molar-refractivity contribution in [1.82, 2.24) is 9.55 Å². The van der Waals surface area contributed by atoms with E-state index in [0.29, 0.717) is 12.5 Å². The quantitative estimate of drug-likeness (QED) is 0.555. The third-order valence-electron chi connectivity index (χ3n) is 3.87. The van der Waals surface area contributed by atoms with Crippen LogP contribution in [0.1, 0.15) is 18.7 Å². The van der Waals surface area contributed by atoms with Crippen molar-refractivity contribution in [3.8, 4) is 5.75 Å². The molecule has 5 heteroatoms. The molecule has 0 N–H and O–H groups in total. The third kappa shape index (κ3) is 3.33. The fourth-order valence-electron chi connectivity index (χ4n) is 2.55. The summed E-state index contributed by atoms with van der Waals surface area (Å²) >= 11 is 5.90. The second-order valence-corrected chi connectivity index (χ2v) is 5.84. The number of hydrogen-bond acceptors (Lipinski definition) is 3. The zero-order valence-corrected chi connectivity index (χ0v) is 13.1. The van der Waals surface area contributed by atoms with Gasteiger partial charge in [-0.2, -0.15) is 0 Å². The van der Waals surface area contributed by atoms with Crippen LogP contribution in [0.2, 0.25) is 0 Å². The topological polar surface area (TPSA) is 36.3 Å². The normalized spacial score (nSPS) is 14.8. The summed E-state index contributed by atoms with van der Waals surface area (Å²) < 4.78 is 13.4. The van der Waals surface area contributed by atoms with Gasteiger partial charge in [0.15, 0.2) is 0 Å². The van der Waals surface area contributed by atoms with Crippen molar-refractivity contribution in [2.24, 2.45) is 5.92 Å². The molecule has 0 spiro atoms. The standard InChI is InChI=1S/C16H21ClN2O2/c1-20-14-4-2-3-13-16(14)18-15(7-8-17)19(13)9-10-21-11-12-5-6-12/h2-4,12H,5-11H2,1H3. The molecule has 1 heterocycles.